The number of carbonyl (C=O) groups is 1. The molecule has 0 aliphatic rings. The highest BCUT2D eigenvalue weighted by atomic mass is 28.3. The molecule has 2 aromatic carbocycles. The standard InChI is InChI=1S/C20H24O2Si/c1-5-22-20(21)18-13-11-16(12-14-18)9-10-17-7-6-8-19(15-17)23(2,3)4/h6-15H,5H2,1-4H3/b10-9+. The second-order valence-corrected chi connectivity index (χ2v) is 11.6. The summed E-state index contributed by atoms with van der Waals surface area (Å²) < 4.78 is 4.99. The molecule has 3 heteroatoms. The van der Waals surface area contributed by atoms with Crippen molar-refractivity contribution in [1.29, 1.82) is 0 Å². The molecule has 0 bridgehead atoms. The third kappa shape index (κ3) is 4.93. The largest absolute Gasteiger partial charge is 0.462 e. The van der Waals surface area contributed by atoms with Crippen LogP contribution in [0.1, 0.15) is 28.4 Å². The Hall–Kier alpha value is -2.13. The number of rotatable bonds is 5. The van der Waals surface area contributed by atoms with E-state index in [0.717, 1.165) is 5.56 Å². The van der Waals surface area contributed by atoms with Crippen molar-refractivity contribution in [2.24, 2.45) is 0 Å². The third-order valence-corrected chi connectivity index (χ3v) is 5.69. The molecule has 0 N–H and O–H groups in total. The Kier molecular flexibility index (Phi) is 5.56. The van der Waals surface area contributed by atoms with Crippen molar-refractivity contribution in [1.82, 2.24) is 0 Å². The van der Waals surface area contributed by atoms with Crippen molar-refractivity contribution in [3.8, 4) is 0 Å². The first-order valence-corrected chi connectivity index (χ1v) is 11.5. The molecule has 2 nitrogen and oxygen atoms in total. The Morgan fingerprint density at radius 2 is 1.65 bits per heavy atom. The fourth-order valence-electron chi connectivity index (χ4n) is 2.25. The quantitative estimate of drug-likeness (QED) is 0.457. The molecular formula is C20H24O2Si. The minimum Gasteiger partial charge on any atom is -0.462 e. The third-order valence-electron chi connectivity index (χ3n) is 3.64. The number of esters is 1. The average molecular weight is 324 g/mol. The molecule has 0 radical (unpaired) electrons. The van der Waals surface area contributed by atoms with E-state index < -0.39 is 8.07 Å². The van der Waals surface area contributed by atoms with Crippen LogP contribution in [-0.2, 0) is 4.74 Å². The van der Waals surface area contributed by atoms with Crippen LogP contribution in [-0.4, -0.2) is 20.7 Å². The van der Waals surface area contributed by atoms with Gasteiger partial charge in [0.05, 0.1) is 20.2 Å². The summed E-state index contributed by atoms with van der Waals surface area (Å²) in [5.41, 5.74) is 2.86. The molecule has 23 heavy (non-hydrogen) atoms. The van der Waals surface area contributed by atoms with Gasteiger partial charge in [-0.3, -0.25) is 0 Å². The van der Waals surface area contributed by atoms with E-state index in [9.17, 15) is 4.79 Å². The molecule has 0 aliphatic carbocycles. The summed E-state index contributed by atoms with van der Waals surface area (Å²) in [6.07, 6.45) is 4.18. The van der Waals surface area contributed by atoms with Gasteiger partial charge in [-0.15, -0.1) is 0 Å². The summed E-state index contributed by atoms with van der Waals surface area (Å²) >= 11 is 0. The Morgan fingerprint density at radius 1 is 1.00 bits per heavy atom. The van der Waals surface area contributed by atoms with E-state index in [4.69, 9.17) is 4.74 Å². The van der Waals surface area contributed by atoms with Crippen LogP contribution in [0.3, 0.4) is 0 Å². The Morgan fingerprint density at radius 3 is 2.26 bits per heavy atom. The van der Waals surface area contributed by atoms with E-state index in [1.807, 2.05) is 19.1 Å². The number of ether oxygens (including phenoxy) is 1. The zero-order chi connectivity index (χ0) is 16.9. The number of hydrogen-bond acceptors (Lipinski definition) is 2. The van der Waals surface area contributed by atoms with Gasteiger partial charge in [-0.05, 0) is 30.2 Å². The van der Waals surface area contributed by atoms with Crippen LogP contribution in [0.4, 0.5) is 0 Å². The maximum Gasteiger partial charge on any atom is 0.338 e. The first kappa shape index (κ1) is 17.2. The lowest BCUT2D eigenvalue weighted by atomic mass is 10.1. The molecule has 0 heterocycles. The summed E-state index contributed by atoms with van der Waals surface area (Å²) in [5, 5.41) is 1.46. The molecule has 0 aliphatic heterocycles. The van der Waals surface area contributed by atoms with Gasteiger partial charge in [-0.25, -0.2) is 4.79 Å². The van der Waals surface area contributed by atoms with Crippen LogP contribution >= 0.6 is 0 Å². The van der Waals surface area contributed by atoms with Crippen molar-refractivity contribution >= 4 is 31.4 Å². The topological polar surface area (TPSA) is 26.3 Å². The molecule has 0 fully saturated rings. The van der Waals surface area contributed by atoms with Gasteiger partial charge < -0.3 is 4.74 Å². The van der Waals surface area contributed by atoms with E-state index in [1.54, 1.807) is 12.1 Å². The first-order valence-electron chi connectivity index (χ1n) is 7.96. The average Bonchev–Trinajstić information content (AvgIpc) is 2.53. The summed E-state index contributed by atoms with van der Waals surface area (Å²) in [5.74, 6) is -0.272. The van der Waals surface area contributed by atoms with Gasteiger partial charge in [0.15, 0.2) is 0 Å². The second kappa shape index (κ2) is 7.42. The van der Waals surface area contributed by atoms with Gasteiger partial charge in [0.2, 0.25) is 0 Å². The molecule has 0 unspecified atom stereocenters. The minimum atomic E-state index is -1.29. The van der Waals surface area contributed by atoms with E-state index in [0.29, 0.717) is 12.2 Å². The SMILES string of the molecule is CCOC(=O)c1ccc(/C=C/c2cccc([Si](C)(C)C)c2)cc1. The molecule has 0 spiro atoms. The lowest BCUT2D eigenvalue weighted by Crippen LogP contribution is -2.37. The Bertz CT molecular complexity index is 694. The monoisotopic (exact) mass is 324 g/mol. The summed E-state index contributed by atoms with van der Waals surface area (Å²) in [4.78, 5) is 11.6. The molecule has 0 aromatic heterocycles. The van der Waals surface area contributed by atoms with Crippen LogP contribution in [0.2, 0.25) is 19.6 Å². The molecule has 0 saturated heterocycles. The van der Waals surface area contributed by atoms with E-state index >= 15 is 0 Å². The summed E-state index contributed by atoms with van der Waals surface area (Å²) in [6.45, 7) is 9.26. The van der Waals surface area contributed by atoms with Crippen LogP contribution in [0.5, 0.6) is 0 Å². The predicted molar refractivity (Wildman–Crippen MR) is 101 cm³/mol. The molecular weight excluding hydrogens is 300 g/mol. The van der Waals surface area contributed by atoms with Crippen LogP contribution < -0.4 is 5.19 Å². The van der Waals surface area contributed by atoms with Crippen LogP contribution in [0.25, 0.3) is 12.2 Å². The maximum atomic E-state index is 11.6. The van der Waals surface area contributed by atoms with Gasteiger partial charge in [0.25, 0.3) is 0 Å². The molecule has 0 saturated carbocycles. The minimum absolute atomic E-state index is 0.272. The zero-order valence-corrected chi connectivity index (χ0v) is 15.3. The molecule has 120 valence electrons. The van der Waals surface area contributed by atoms with Gasteiger partial charge in [0, 0.05) is 0 Å². The predicted octanol–water partition coefficient (Wildman–Crippen LogP) is 4.58. The molecule has 2 rings (SSSR count). The lowest BCUT2D eigenvalue weighted by molar-refractivity contribution is 0.0526. The first-order chi connectivity index (χ1) is 10.9. The fraction of sp³-hybridized carbons (Fsp3) is 0.250. The van der Waals surface area contributed by atoms with E-state index in [1.165, 1.54) is 10.8 Å². The fourth-order valence-corrected chi connectivity index (χ4v) is 3.44. The highest BCUT2D eigenvalue weighted by molar-refractivity contribution is 6.88. The zero-order valence-electron chi connectivity index (χ0n) is 14.3. The summed E-state index contributed by atoms with van der Waals surface area (Å²) in [7, 11) is -1.29. The van der Waals surface area contributed by atoms with Crippen LogP contribution in [0, 0.1) is 0 Å². The number of benzene rings is 2. The van der Waals surface area contributed by atoms with Crippen molar-refractivity contribution in [3.63, 3.8) is 0 Å². The highest BCUT2D eigenvalue weighted by Gasteiger charge is 2.15. The van der Waals surface area contributed by atoms with Crippen molar-refractivity contribution in [2.45, 2.75) is 26.6 Å². The highest BCUT2D eigenvalue weighted by Crippen LogP contribution is 2.11. The molecule has 2 aromatic rings. The summed E-state index contributed by atoms with van der Waals surface area (Å²) in [6, 6.07) is 16.2. The van der Waals surface area contributed by atoms with Crippen LogP contribution in [0.15, 0.2) is 48.5 Å². The van der Waals surface area contributed by atoms with Crippen molar-refractivity contribution in [3.05, 3.63) is 65.2 Å². The smallest absolute Gasteiger partial charge is 0.338 e. The van der Waals surface area contributed by atoms with Gasteiger partial charge in [0.1, 0.15) is 0 Å². The van der Waals surface area contributed by atoms with Gasteiger partial charge >= 0.3 is 5.97 Å². The Balaban J connectivity index is 2.13. The van der Waals surface area contributed by atoms with E-state index in [2.05, 4.69) is 56.1 Å². The second-order valence-electron chi connectivity index (χ2n) is 6.55. The van der Waals surface area contributed by atoms with Gasteiger partial charge in [-0.2, -0.15) is 0 Å². The normalized spacial score (nSPS) is 11.7. The maximum absolute atomic E-state index is 11.6. The number of carbonyl (C=O) groups excluding carboxylic acids is 1. The van der Waals surface area contributed by atoms with Crippen molar-refractivity contribution < 1.29 is 9.53 Å². The Labute approximate surface area is 139 Å². The van der Waals surface area contributed by atoms with Crippen molar-refractivity contribution in [2.75, 3.05) is 6.61 Å². The molecule has 0 amide bonds. The lowest BCUT2D eigenvalue weighted by Gasteiger charge is -2.16. The number of hydrogen-bond donors (Lipinski definition) is 0. The van der Waals surface area contributed by atoms with E-state index in [-0.39, 0.29) is 5.97 Å². The van der Waals surface area contributed by atoms with Gasteiger partial charge in [-0.1, -0.05) is 73.4 Å². The molecule has 0 atom stereocenters.